The van der Waals surface area contributed by atoms with Crippen molar-refractivity contribution in [3.05, 3.63) is 50.5 Å². The number of hydrogen-bond donors (Lipinski definition) is 1. The lowest BCUT2D eigenvalue weighted by molar-refractivity contribution is 0.625. The summed E-state index contributed by atoms with van der Waals surface area (Å²) in [7, 11) is 0. The Morgan fingerprint density at radius 3 is 2.50 bits per heavy atom. The number of halogens is 5. The van der Waals surface area contributed by atoms with Crippen LogP contribution in [-0.4, -0.2) is 4.98 Å². The van der Waals surface area contributed by atoms with Crippen molar-refractivity contribution >= 4 is 50.6 Å². The molecular formula is C11H5BrCl2F2N2. The summed E-state index contributed by atoms with van der Waals surface area (Å²) in [5.41, 5.74) is 0.326. The smallest absolute Gasteiger partial charge is 0.167 e. The minimum atomic E-state index is -0.630. The second-order valence-corrected chi connectivity index (χ2v) is 5.05. The van der Waals surface area contributed by atoms with Gasteiger partial charge in [-0.15, -0.1) is 0 Å². The van der Waals surface area contributed by atoms with Crippen molar-refractivity contribution in [2.45, 2.75) is 0 Å². The first-order valence-corrected chi connectivity index (χ1v) is 6.25. The Morgan fingerprint density at radius 1 is 1.17 bits per heavy atom. The molecule has 0 saturated heterocycles. The highest BCUT2D eigenvalue weighted by Crippen LogP contribution is 2.34. The second kappa shape index (κ2) is 5.38. The lowest BCUT2D eigenvalue weighted by Gasteiger charge is -2.10. The molecule has 0 atom stereocenters. The van der Waals surface area contributed by atoms with Crippen LogP contribution in [0.15, 0.2) is 28.9 Å². The van der Waals surface area contributed by atoms with Crippen LogP contribution in [0.2, 0.25) is 10.0 Å². The van der Waals surface area contributed by atoms with Gasteiger partial charge in [-0.25, -0.2) is 13.8 Å². The third kappa shape index (κ3) is 2.91. The van der Waals surface area contributed by atoms with Gasteiger partial charge in [0.15, 0.2) is 11.6 Å². The van der Waals surface area contributed by atoms with Gasteiger partial charge in [-0.1, -0.05) is 23.2 Å². The van der Waals surface area contributed by atoms with Crippen molar-refractivity contribution in [1.29, 1.82) is 0 Å². The van der Waals surface area contributed by atoms with Crippen LogP contribution in [0.25, 0.3) is 0 Å². The molecule has 94 valence electrons. The molecule has 0 unspecified atom stereocenters. The van der Waals surface area contributed by atoms with E-state index >= 15 is 0 Å². The number of benzene rings is 1. The summed E-state index contributed by atoms with van der Waals surface area (Å²) in [5.74, 6) is -1.18. The topological polar surface area (TPSA) is 24.9 Å². The Bertz CT molecular complexity index is 585. The molecule has 0 fully saturated rings. The monoisotopic (exact) mass is 352 g/mol. The average Bonchev–Trinajstić information content (AvgIpc) is 2.25. The fourth-order valence-electron chi connectivity index (χ4n) is 1.29. The maximum atomic E-state index is 13.5. The third-order valence-corrected chi connectivity index (χ3v) is 3.19. The highest BCUT2D eigenvalue weighted by atomic mass is 79.9. The Morgan fingerprint density at radius 2 is 1.89 bits per heavy atom. The second-order valence-electron chi connectivity index (χ2n) is 3.35. The van der Waals surface area contributed by atoms with Gasteiger partial charge in [0.1, 0.15) is 5.82 Å². The van der Waals surface area contributed by atoms with E-state index < -0.39 is 11.6 Å². The van der Waals surface area contributed by atoms with Crippen molar-refractivity contribution in [2.24, 2.45) is 0 Å². The first kappa shape index (κ1) is 13.5. The minimum Gasteiger partial charge on any atom is -0.336 e. The summed E-state index contributed by atoms with van der Waals surface area (Å²) >= 11 is 14.6. The zero-order valence-electron chi connectivity index (χ0n) is 8.65. The van der Waals surface area contributed by atoms with Crippen LogP contribution in [0.5, 0.6) is 0 Å². The summed E-state index contributed by atoms with van der Waals surface area (Å²) in [6.45, 7) is 0. The molecule has 18 heavy (non-hydrogen) atoms. The molecule has 2 rings (SSSR count). The Kier molecular flexibility index (Phi) is 4.04. The van der Waals surface area contributed by atoms with Gasteiger partial charge >= 0.3 is 0 Å². The minimum absolute atomic E-state index is 0.0476. The van der Waals surface area contributed by atoms with Gasteiger partial charge in [0, 0.05) is 10.7 Å². The largest absolute Gasteiger partial charge is 0.336 e. The van der Waals surface area contributed by atoms with Gasteiger partial charge in [0.2, 0.25) is 0 Å². The first-order valence-electron chi connectivity index (χ1n) is 4.70. The highest BCUT2D eigenvalue weighted by Gasteiger charge is 2.11. The molecule has 0 bridgehead atoms. The van der Waals surface area contributed by atoms with E-state index in [1.54, 1.807) is 0 Å². The van der Waals surface area contributed by atoms with Crippen molar-refractivity contribution < 1.29 is 8.78 Å². The summed E-state index contributed by atoms with van der Waals surface area (Å²) in [4.78, 5) is 3.79. The van der Waals surface area contributed by atoms with Crippen LogP contribution in [-0.2, 0) is 0 Å². The number of aromatic nitrogens is 1. The van der Waals surface area contributed by atoms with Gasteiger partial charge < -0.3 is 5.32 Å². The molecule has 0 aliphatic carbocycles. The molecule has 1 N–H and O–H groups in total. The number of nitrogens with one attached hydrogen (secondary N) is 1. The van der Waals surface area contributed by atoms with E-state index in [-0.39, 0.29) is 15.9 Å². The molecule has 7 heteroatoms. The SMILES string of the molecule is Fc1cc(Cl)c(Nc2ncc(Cl)cc2F)c(Br)c1. The molecule has 1 aromatic carbocycles. The predicted molar refractivity (Wildman–Crippen MR) is 71.6 cm³/mol. The van der Waals surface area contributed by atoms with E-state index in [0.717, 1.165) is 12.1 Å². The summed E-state index contributed by atoms with van der Waals surface area (Å²) < 4.78 is 26.9. The summed E-state index contributed by atoms with van der Waals surface area (Å²) in [6, 6.07) is 3.44. The fourth-order valence-corrected chi connectivity index (χ4v) is 2.33. The van der Waals surface area contributed by atoms with E-state index in [1.807, 2.05) is 0 Å². The molecule has 0 saturated carbocycles. The van der Waals surface area contributed by atoms with E-state index in [1.165, 1.54) is 12.3 Å². The van der Waals surface area contributed by atoms with Crippen molar-refractivity contribution in [1.82, 2.24) is 4.98 Å². The first-order chi connectivity index (χ1) is 8.47. The molecule has 2 nitrogen and oxygen atoms in total. The zero-order chi connectivity index (χ0) is 13.3. The molecule has 0 amide bonds. The van der Waals surface area contributed by atoms with E-state index in [4.69, 9.17) is 23.2 Å². The third-order valence-electron chi connectivity index (χ3n) is 2.06. The lowest BCUT2D eigenvalue weighted by Crippen LogP contribution is -1.99. The van der Waals surface area contributed by atoms with Crippen LogP contribution in [0.3, 0.4) is 0 Å². The van der Waals surface area contributed by atoms with Crippen LogP contribution < -0.4 is 5.32 Å². The maximum absolute atomic E-state index is 13.5. The van der Waals surface area contributed by atoms with E-state index in [0.29, 0.717) is 10.2 Å². The quantitative estimate of drug-likeness (QED) is 0.805. The van der Waals surface area contributed by atoms with Gasteiger partial charge in [-0.05, 0) is 34.1 Å². The number of hydrogen-bond acceptors (Lipinski definition) is 2. The number of nitrogens with zero attached hydrogens (tertiary/aromatic N) is 1. The van der Waals surface area contributed by atoms with E-state index in [2.05, 4.69) is 26.2 Å². The van der Waals surface area contributed by atoms with Crippen LogP contribution in [0.4, 0.5) is 20.3 Å². The molecule has 1 aromatic heterocycles. The molecule has 2 aromatic rings. The standard InChI is InChI=1S/C11H5BrCl2F2N2/c12-7-2-6(15)3-8(14)10(7)18-11-9(16)1-5(13)4-17-11/h1-4H,(H,17,18). The average molecular weight is 354 g/mol. The Hall–Kier alpha value is -0.910. The molecular weight excluding hydrogens is 349 g/mol. The van der Waals surface area contributed by atoms with Crippen molar-refractivity contribution in [3.8, 4) is 0 Å². The summed E-state index contributed by atoms with van der Waals surface area (Å²) in [6.07, 6.45) is 1.29. The fraction of sp³-hybridized carbons (Fsp3) is 0. The highest BCUT2D eigenvalue weighted by molar-refractivity contribution is 9.10. The molecule has 0 spiro atoms. The predicted octanol–water partition coefficient (Wildman–Crippen LogP) is 5.17. The Balaban J connectivity index is 2.40. The van der Waals surface area contributed by atoms with Crippen molar-refractivity contribution in [2.75, 3.05) is 5.32 Å². The van der Waals surface area contributed by atoms with Gasteiger partial charge in [0.05, 0.1) is 15.7 Å². The maximum Gasteiger partial charge on any atom is 0.167 e. The molecule has 0 aliphatic heterocycles. The normalized spacial score (nSPS) is 10.5. The summed E-state index contributed by atoms with van der Waals surface area (Å²) in [5, 5.41) is 2.96. The van der Waals surface area contributed by atoms with E-state index in [9.17, 15) is 8.78 Å². The Labute approximate surface area is 120 Å². The van der Waals surface area contributed by atoms with Crippen molar-refractivity contribution in [3.63, 3.8) is 0 Å². The molecule has 1 heterocycles. The van der Waals surface area contributed by atoms with Gasteiger partial charge in [-0.2, -0.15) is 0 Å². The number of pyridine rings is 1. The molecule has 0 radical (unpaired) electrons. The number of anilines is 2. The lowest BCUT2D eigenvalue weighted by atomic mass is 10.3. The van der Waals surface area contributed by atoms with Gasteiger partial charge in [-0.3, -0.25) is 0 Å². The van der Waals surface area contributed by atoms with Gasteiger partial charge in [0.25, 0.3) is 0 Å². The zero-order valence-corrected chi connectivity index (χ0v) is 11.7. The number of rotatable bonds is 2. The van der Waals surface area contributed by atoms with Crippen LogP contribution in [0, 0.1) is 11.6 Å². The molecule has 0 aliphatic rings. The van der Waals surface area contributed by atoms with Crippen LogP contribution >= 0.6 is 39.1 Å². The van der Waals surface area contributed by atoms with Crippen LogP contribution in [0.1, 0.15) is 0 Å².